The molecule has 98 valence electrons. The molecule has 1 aromatic rings. The minimum Gasteiger partial charge on any atom is -0.490 e. The van der Waals surface area contributed by atoms with Gasteiger partial charge in [-0.2, -0.15) is 5.10 Å². The third-order valence-electron chi connectivity index (χ3n) is 2.28. The van der Waals surface area contributed by atoms with Crippen molar-refractivity contribution in [1.29, 1.82) is 0 Å². The maximum atomic E-state index is 10.7. The molecular formula is C10H19N3O3S. The fraction of sp³-hybridized carbons (Fsp3) is 0.700. The number of aryl methyl sites for hydroxylation is 1. The molecule has 0 saturated heterocycles. The number of ether oxygens (including phenoxy) is 1. The Morgan fingerprint density at radius 3 is 2.76 bits per heavy atom. The molecule has 0 fully saturated rings. The Kier molecular flexibility index (Phi) is 5.43. The maximum Gasteiger partial charge on any atom is 0.209 e. The third kappa shape index (κ3) is 6.28. The van der Waals surface area contributed by atoms with E-state index in [9.17, 15) is 8.42 Å². The molecule has 1 rings (SSSR count). The molecule has 0 atom stereocenters. The zero-order valence-electron chi connectivity index (χ0n) is 10.0. The number of nitrogens with zero attached hydrogens (tertiary/aromatic N) is 2. The Morgan fingerprint density at radius 2 is 2.18 bits per heavy atom. The molecule has 0 aliphatic heterocycles. The van der Waals surface area contributed by atoms with Crippen LogP contribution in [0.1, 0.15) is 26.2 Å². The van der Waals surface area contributed by atoms with E-state index in [1.807, 2.05) is 13.1 Å². The normalized spacial score (nSPS) is 11.6. The number of sulfonamides is 1. The van der Waals surface area contributed by atoms with Gasteiger partial charge in [-0.1, -0.05) is 0 Å². The predicted molar refractivity (Wildman–Crippen MR) is 65.2 cm³/mol. The Labute approximate surface area is 102 Å². The van der Waals surface area contributed by atoms with Gasteiger partial charge in [-0.3, -0.25) is 4.68 Å². The van der Waals surface area contributed by atoms with Gasteiger partial charge in [0.2, 0.25) is 10.0 Å². The van der Waals surface area contributed by atoms with E-state index in [1.54, 1.807) is 10.9 Å². The van der Waals surface area contributed by atoms with Gasteiger partial charge < -0.3 is 4.74 Å². The molecule has 0 amide bonds. The molecule has 7 heteroatoms. The van der Waals surface area contributed by atoms with E-state index in [-0.39, 0.29) is 5.75 Å². The average molecular weight is 261 g/mol. The van der Waals surface area contributed by atoms with Crippen molar-refractivity contribution in [1.82, 2.24) is 9.78 Å². The summed E-state index contributed by atoms with van der Waals surface area (Å²) < 4.78 is 28.6. The predicted octanol–water partition coefficient (Wildman–Crippen LogP) is 0.741. The van der Waals surface area contributed by atoms with Gasteiger partial charge in [-0.05, 0) is 26.2 Å². The number of unbranched alkanes of at least 4 members (excludes halogenated alkanes) is 2. The number of aromatic nitrogens is 2. The quantitative estimate of drug-likeness (QED) is 0.699. The van der Waals surface area contributed by atoms with Gasteiger partial charge in [0.15, 0.2) is 5.75 Å². The summed E-state index contributed by atoms with van der Waals surface area (Å²) in [4.78, 5) is 0. The van der Waals surface area contributed by atoms with Crippen molar-refractivity contribution in [3.05, 3.63) is 12.4 Å². The Morgan fingerprint density at radius 1 is 1.41 bits per heavy atom. The van der Waals surface area contributed by atoms with E-state index >= 15 is 0 Å². The lowest BCUT2D eigenvalue weighted by molar-refractivity contribution is 0.306. The lowest BCUT2D eigenvalue weighted by atomic mass is 10.3. The van der Waals surface area contributed by atoms with E-state index in [2.05, 4.69) is 5.10 Å². The van der Waals surface area contributed by atoms with Gasteiger partial charge in [-0.15, -0.1) is 0 Å². The highest BCUT2D eigenvalue weighted by Crippen LogP contribution is 2.09. The van der Waals surface area contributed by atoms with Crippen LogP contribution in [-0.4, -0.2) is 30.6 Å². The zero-order chi connectivity index (χ0) is 12.7. The summed E-state index contributed by atoms with van der Waals surface area (Å²) in [5.74, 6) is 0.791. The molecule has 1 heterocycles. The van der Waals surface area contributed by atoms with E-state index < -0.39 is 10.0 Å². The standard InChI is InChI=1S/C10H19N3O3S/c1-2-13-9-10(8-12-13)16-6-4-3-5-7-17(11,14)15/h8-9H,2-7H2,1H3,(H2,11,14,15). The molecule has 1 aromatic heterocycles. The monoisotopic (exact) mass is 261 g/mol. The van der Waals surface area contributed by atoms with Crippen LogP contribution >= 0.6 is 0 Å². The van der Waals surface area contributed by atoms with E-state index in [0.717, 1.165) is 25.1 Å². The molecule has 0 aliphatic rings. The Hall–Kier alpha value is -1.08. The summed E-state index contributed by atoms with van der Waals surface area (Å²) in [6.07, 6.45) is 5.69. The highest BCUT2D eigenvalue weighted by Gasteiger charge is 2.02. The van der Waals surface area contributed by atoms with Gasteiger partial charge in [0.25, 0.3) is 0 Å². The fourth-order valence-electron chi connectivity index (χ4n) is 1.36. The average Bonchev–Trinajstić information content (AvgIpc) is 2.69. The molecule has 6 nitrogen and oxygen atoms in total. The highest BCUT2D eigenvalue weighted by atomic mass is 32.2. The van der Waals surface area contributed by atoms with Crippen LogP contribution in [0, 0.1) is 0 Å². The van der Waals surface area contributed by atoms with Crippen LogP contribution in [0.3, 0.4) is 0 Å². The van der Waals surface area contributed by atoms with Crippen LogP contribution in [-0.2, 0) is 16.6 Å². The van der Waals surface area contributed by atoms with Gasteiger partial charge >= 0.3 is 0 Å². The van der Waals surface area contributed by atoms with Gasteiger partial charge in [0.05, 0.1) is 24.8 Å². The second-order valence-electron chi connectivity index (χ2n) is 3.81. The van der Waals surface area contributed by atoms with Crippen LogP contribution in [0.4, 0.5) is 0 Å². The Balaban J connectivity index is 2.08. The van der Waals surface area contributed by atoms with E-state index in [1.165, 1.54) is 0 Å². The summed E-state index contributed by atoms with van der Waals surface area (Å²) in [5.41, 5.74) is 0. The smallest absolute Gasteiger partial charge is 0.209 e. The minimum absolute atomic E-state index is 0.0424. The molecule has 0 spiro atoms. The van der Waals surface area contributed by atoms with Crippen molar-refractivity contribution in [2.75, 3.05) is 12.4 Å². The van der Waals surface area contributed by atoms with Crippen LogP contribution in [0.5, 0.6) is 5.75 Å². The maximum absolute atomic E-state index is 10.7. The van der Waals surface area contributed by atoms with Crippen molar-refractivity contribution < 1.29 is 13.2 Å². The van der Waals surface area contributed by atoms with Crippen LogP contribution in [0.15, 0.2) is 12.4 Å². The zero-order valence-corrected chi connectivity index (χ0v) is 10.8. The van der Waals surface area contributed by atoms with Gasteiger partial charge in [0, 0.05) is 6.54 Å². The van der Waals surface area contributed by atoms with Gasteiger partial charge in [-0.25, -0.2) is 13.6 Å². The van der Waals surface area contributed by atoms with Crippen LogP contribution in [0.25, 0.3) is 0 Å². The first-order valence-corrected chi connectivity index (χ1v) is 7.38. The SMILES string of the molecule is CCn1cc(OCCCCCS(N)(=O)=O)cn1. The van der Waals surface area contributed by atoms with Crippen LogP contribution < -0.4 is 9.88 Å². The number of hydrogen-bond donors (Lipinski definition) is 1. The van der Waals surface area contributed by atoms with Crippen molar-refractivity contribution in [2.45, 2.75) is 32.7 Å². The fourth-order valence-corrected chi connectivity index (χ4v) is 1.97. The molecular weight excluding hydrogens is 242 g/mol. The Bertz CT molecular complexity index is 428. The first kappa shape index (κ1) is 14.0. The molecule has 0 aromatic carbocycles. The molecule has 0 radical (unpaired) electrons. The summed E-state index contributed by atoms with van der Waals surface area (Å²) in [5, 5.41) is 8.97. The lowest BCUT2D eigenvalue weighted by Gasteiger charge is -2.02. The summed E-state index contributed by atoms with van der Waals surface area (Å²) in [7, 11) is -3.32. The molecule has 0 bridgehead atoms. The molecule has 0 unspecified atom stereocenters. The first-order valence-electron chi connectivity index (χ1n) is 5.67. The van der Waals surface area contributed by atoms with Gasteiger partial charge in [0.1, 0.15) is 0 Å². The van der Waals surface area contributed by atoms with E-state index in [0.29, 0.717) is 13.0 Å². The molecule has 17 heavy (non-hydrogen) atoms. The molecule has 0 saturated carbocycles. The largest absolute Gasteiger partial charge is 0.490 e. The summed E-state index contributed by atoms with van der Waals surface area (Å²) in [6, 6.07) is 0. The van der Waals surface area contributed by atoms with Crippen molar-refractivity contribution in [3.8, 4) is 5.75 Å². The van der Waals surface area contributed by atoms with Crippen molar-refractivity contribution in [2.24, 2.45) is 5.14 Å². The molecule has 2 N–H and O–H groups in total. The number of rotatable bonds is 8. The number of nitrogens with two attached hydrogens (primary N) is 1. The number of primary sulfonamides is 1. The molecule has 0 aliphatic carbocycles. The van der Waals surface area contributed by atoms with E-state index in [4.69, 9.17) is 9.88 Å². The van der Waals surface area contributed by atoms with Crippen molar-refractivity contribution >= 4 is 10.0 Å². The number of hydrogen-bond acceptors (Lipinski definition) is 4. The minimum atomic E-state index is -3.32. The highest BCUT2D eigenvalue weighted by molar-refractivity contribution is 7.89. The van der Waals surface area contributed by atoms with Crippen LogP contribution in [0.2, 0.25) is 0 Å². The third-order valence-corrected chi connectivity index (χ3v) is 3.13. The van der Waals surface area contributed by atoms with Crippen molar-refractivity contribution in [3.63, 3.8) is 0 Å². The summed E-state index contributed by atoms with van der Waals surface area (Å²) >= 11 is 0. The summed E-state index contributed by atoms with van der Waals surface area (Å²) in [6.45, 7) is 3.39. The topological polar surface area (TPSA) is 87.2 Å². The lowest BCUT2D eigenvalue weighted by Crippen LogP contribution is -2.16. The first-order chi connectivity index (χ1) is 8.01. The second kappa shape index (κ2) is 6.61. The second-order valence-corrected chi connectivity index (χ2v) is 5.54.